The first-order chi connectivity index (χ1) is 8.70. The maximum atomic E-state index is 5.59. The number of likely N-dealkylation sites (N-methyl/N-ethyl adjacent to an activating group) is 1. The van der Waals surface area contributed by atoms with Gasteiger partial charge >= 0.3 is 0 Å². The first-order valence-electron chi connectivity index (χ1n) is 7.11. The lowest BCUT2D eigenvalue weighted by atomic mass is 9.80. The molecule has 3 N–H and O–H groups in total. The summed E-state index contributed by atoms with van der Waals surface area (Å²) in [7, 11) is 2.12. The fourth-order valence-electron chi connectivity index (χ4n) is 2.94. The van der Waals surface area contributed by atoms with Crippen LogP contribution < -0.4 is 5.73 Å². The summed E-state index contributed by atoms with van der Waals surface area (Å²) in [6.07, 6.45) is 7.29. The standard InChI is InChI=1S/C14H26N4/c1-11-3-5-12(6-4-11)14-13(9-16-17-14)10-18(2)8-7-15/h9,11-12H,3-8,10,15H2,1-2H3,(H,16,17). The fourth-order valence-corrected chi connectivity index (χ4v) is 2.94. The molecule has 1 aliphatic rings. The second-order valence-electron chi connectivity index (χ2n) is 5.79. The van der Waals surface area contributed by atoms with Crippen molar-refractivity contribution < 1.29 is 0 Å². The van der Waals surface area contributed by atoms with E-state index in [2.05, 4.69) is 29.1 Å². The molecular formula is C14H26N4. The van der Waals surface area contributed by atoms with Crippen molar-refractivity contribution in [2.45, 2.75) is 45.1 Å². The van der Waals surface area contributed by atoms with Crippen LogP contribution in [0.2, 0.25) is 0 Å². The Labute approximate surface area is 110 Å². The molecule has 18 heavy (non-hydrogen) atoms. The van der Waals surface area contributed by atoms with Gasteiger partial charge in [-0.2, -0.15) is 5.10 Å². The number of H-pyrrole nitrogens is 1. The molecule has 0 aliphatic heterocycles. The van der Waals surface area contributed by atoms with Gasteiger partial charge in [-0.05, 0) is 25.8 Å². The molecular weight excluding hydrogens is 224 g/mol. The summed E-state index contributed by atoms with van der Waals surface area (Å²) >= 11 is 0. The molecule has 0 spiro atoms. The van der Waals surface area contributed by atoms with Crippen LogP contribution in [-0.4, -0.2) is 35.2 Å². The summed E-state index contributed by atoms with van der Waals surface area (Å²) in [6, 6.07) is 0. The van der Waals surface area contributed by atoms with E-state index >= 15 is 0 Å². The number of hydrogen-bond donors (Lipinski definition) is 2. The molecule has 0 saturated heterocycles. The van der Waals surface area contributed by atoms with E-state index in [1.807, 2.05) is 6.20 Å². The molecule has 0 atom stereocenters. The van der Waals surface area contributed by atoms with Gasteiger partial charge in [-0.15, -0.1) is 0 Å². The highest BCUT2D eigenvalue weighted by atomic mass is 15.1. The first kappa shape index (κ1) is 13.6. The number of nitrogens with zero attached hydrogens (tertiary/aromatic N) is 2. The third-order valence-corrected chi connectivity index (χ3v) is 4.13. The van der Waals surface area contributed by atoms with Crippen LogP contribution >= 0.6 is 0 Å². The van der Waals surface area contributed by atoms with Crippen molar-refractivity contribution in [1.82, 2.24) is 15.1 Å². The van der Waals surface area contributed by atoms with Crippen molar-refractivity contribution in [2.24, 2.45) is 11.7 Å². The van der Waals surface area contributed by atoms with E-state index in [1.54, 1.807) is 0 Å². The lowest BCUT2D eigenvalue weighted by molar-refractivity contribution is 0.323. The molecule has 0 amide bonds. The molecule has 0 aromatic carbocycles. The van der Waals surface area contributed by atoms with Crippen LogP contribution in [-0.2, 0) is 6.54 Å². The number of aromatic nitrogens is 2. The maximum absolute atomic E-state index is 5.59. The van der Waals surface area contributed by atoms with Crippen LogP contribution in [0.25, 0.3) is 0 Å². The molecule has 4 heteroatoms. The highest BCUT2D eigenvalue weighted by Gasteiger charge is 2.23. The molecule has 102 valence electrons. The molecule has 1 fully saturated rings. The van der Waals surface area contributed by atoms with Gasteiger partial charge in [0, 0.05) is 36.8 Å². The van der Waals surface area contributed by atoms with Crippen molar-refractivity contribution in [1.29, 1.82) is 0 Å². The smallest absolute Gasteiger partial charge is 0.0535 e. The predicted octanol–water partition coefficient (Wildman–Crippen LogP) is 2.09. The summed E-state index contributed by atoms with van der Waals surface area (Å²) in [4.78, 5) is 2.26. The van der Waals surface area contributed by atoms with Crippen molar-refractivity contribution in [3.05, 3.63) is 17.5 Å². The Balaban J connectivity index is 1.98. The van der Waals surface area contributed by atoms with E-state index in [0.717, 1.165) is 19.0 Å². The van der Waals surface area contributed by atoms with E-state index < -0.39 is 0 Å². The molecule has 1 aromatic rings. The van der Waals surface area contributed by atoms with Gasteiger partial charge in [0.05, 0.1) is 6.20 Å². The van der Waals surface area contributed by atoms with Gasteiger partial charge < -0.3 is 10.6 Å². The Hall–Kier alpha value is -0.870. The van der Waals surface area contributed by atoms with Crippen LogP contribution in [0.15, 0.2) is 6.20 Å². The number of nitrogens with two attached hydrogens (primary N) is 1. The van der Waals surface area contributed by atoms with E-state index in [4.69, 9.17) is 5.73 Å². The van der Waals surface area contributed by atoms with Gasteiger partial charge in [0.25, 0.3) is 0 Å². The molecule has 1 aromatic heterocycles. The number of rotatable bonds is 5. The lowest BCUT2D eigenvalue weighted by Gasteiger charge is -2.26. The Kier molecular flexibility index (Phi) is 4.78. The van der Waals surface area contributed by atoms with E-state index in [9.17, 15) is 0 Å². The van der Waals surface area contributed by atoms with Crippen LogP contribution in [0.5, 0.6) is 0 Å². The van der Waals surface area contributed by atoms with Crippen LogP contribution in [0.1, 0.15) is 49.8 Å². The Bertz CT molecular complexity index is 352. The minimum Gasteiger partial charge on any atom is -0.329 e. The Morgan fingerprint density at radius 3 is 2.78 bits per heavy atom. The quantitative estimate of drug-likeness (QED) is 0.841. The number of aromatic amines is 1. The first-order valence-corrected chi connectivity index (χ1v) is 7.11. The van der Waals surface area contributed by atoms with Crippen molar-refractivity contribution in [3.8, 4) is 0 Å². The average Bonchev–Trinajstić information content (AvgIpc) is 2.78. The maximum Gasteiger partial charge on any atom is 0.0535 e. The number of nitrogens with one attached hydrogen (secondary N) is 1. The minimum atomic E-state index is 0.685. The Morgan fingerprint density at radius 1 is 1.39 bits per heavy atom. The molecule has 0 radical (unpaired) electrons. The van der Waals surface area contributed by atoms with Gasteiger partial charge in [0.15, 0.2) is 0 Å². The normalized spacial score (nSPS) is 24.7. The Morgan fingerprint density at radius 2 is 2.11 bits per heavy atom. The van der Waals surface area contributed by atoms with Gasteiger partial charge in [-0.1, -0.05) is 19.8 Å². The van der Waals surface area contributed by atoms with Crippen molar-refractivity contribution in [2.75, 3.05) is 20.1 Å². The van der Waals surface area contributed by atoms with Crippen molar-refractivity contribution >= 4 is 0 Å². The fraction of sp³-hybridized carbons (Fsp3) is 0.786. The summed E-state index contributed by atoms with van der Waals surface area (Å²) in [5.41, 5.74) is 8.31. The molecule has 1 aliphatic carbocycles. The van der Waals surface area contributed by atoms with Crippen LogP contribution in [0, 0.1) is 5.92 Å². The molecule has 0 bridgehead atoms. The third-order valence-electron chi connectivity index (χ3n) is 4.13. The average molecular weight is 250 g/mol. The van der Waals surface area contributed by atoms with Gasteiger partial charge in [0.1, 0.15) is 0 Å². The highest BCUT2D eigenvalue weighted by Crippen LogP contribution is 2.36. The SMILES string of the molecule is CC1CCC(c2[nH]ncc2CN(C)CCN)CC1. The summed E-state index contributed by atoms with van der Waals surface area (Å²) < 4.78 is 0. The molecule has 0 unspecified atom stereocenters. The van der Waals surface area contributed by atoms with Crippen LogP contribution in [0.4, 0.5) is 0 Å². The highest BCUT2D eigenvalue weighted by molar-refractivity contribution is 5.21. The monoisotopic (exact) mass is 250 g/mol. The zero-order valence-electron chi connectivity index (χ0n) is 11.7. The lowest BCUT2D eigenvalue weighted by Crippen LogP contribution is -2.25. The van der Waals surface area contributed by atoms with E-state index in [0.29, 0.717) is 12.5 Å². The number of hydrogen-bond acceptors (Lipinski definition) is 3. The molecule has 1 saturated carbocycles. The topological polar surface area (TPSA) is 57.9 Å². The third kappa shape index (κ3) is 3.33. The molecule has 1 heterocycles. The summed E-state index contributed by atoms with van der Waals surface area (Å²) in [6.45, 7) is 4.96. The second kappa shape index (κ2) is 6.34. The van der Waals surface area contributed by atoms with E-state index in [-0.39, 0.29) is 0 Å². The molecule has 2 rings (SSSR count). The predicted molar refractivity (Wildman–Crippen MR) is 74.3 cm³/mol. The largest absolute Gasteiger partial charge is 0.329 e. The van der Waals surface area contributed by atoms with E-state index in [1.165, 1.54) is 36.9 Å². The molecule has 4 nitrogen and oxygen atoms in total. The van der Waals surface area contributed by atoms with Gasteiger partial charge in [-0.25, -0.2) is 0 Å². The van der Waals surface area contributed by atoms with Gasteiger partial charge in [-0.3, -0.25) is 5.10 Å². The second-order valence-corrected chi connectivity index (χ2v) is 5.79. The van der Waals surface area contributed by atoms with Crippen LogP contribution in [0.3, 0.4) is 0 Å². The van der Waals surface area contributed by atoms with Crippen molar-refractivity contribution in [3.63, 3.8) is 0 Å². The zero-order chi connectivity index (χ0) is 13.0. The zero-order valence-corrected chi connectivity index (χ0v) is 11.7. The summed E-state index contributed by atoms with van der Waals surface area (Å²) in [5.74, 6) is 1.58. The minimum absolute atomic E-state index is 0.685. The summed E-state index contributed by atoms with van der Waals surface area (Å²) in [5, 5.41) is 7.48. The van der Waals surface area contributed by atoms with Gasteiger partial charge in [0.2, 0.25) is 0 Å².